The third-order valence-electron chi connectivity index (χ3n) is 3.30. The number of nitrogens with one attached hydrogen (secondary N) is 1. The molecule has 0 atom stereocenters. The Morgan fingerprint density at radius 1 is 1.09 bits per heavy atom. The lowest BCUT2D eigenvalue weighted by atomic mass is 10.2. The van der Waals surface area contributed by atoms with Crippen LogP contribution in [0.3, 0.4) is 0 Å². The van der Waals surface area contributed by atoms with Crippen molar-refractivity contribution in [3.8, 4) is 11.5 Å². The molecule has 0 unspecified atom stereocenters. The number of fused-ring (bicyclic) bond motifs is 1. The van der Waals surface area contributed by atoms with Gasteiger partial charge in [0.25, 0.3) is 5.91 Å². The van der Waals surface area contributed by atoms with Gasteiger partial charge in [-0.25, -0.2) is 0 Å². The zero-order chi connectivity index (χ0) is 16.1. The molecule has 1 aromatic heterocycles. The maximum absolute atomic E-state index is 12.0. The first kappa shape index (κ1) is 14.8. The molecule has 3 rings (SSSR count). The number of benzene rings is 2. The van der Waals surface area contributed by atoms with Crippen molar-refractivity contribution in [1.29, 1.82) is 0 Å². The Morgan fingerprint density at radius 3 is 2.61 bits per heavy atom. The number of pyridine rings is 1. The molecule has 1 amide bonds. The number of carbonyl (C=O) groups is 1. The Kier molecular flexibility index (Phi) is 4.38. The van der Waals surface area contributed by atoms with Gasteiger partial charge in [-0.3, -0.25) is 9.78 Å². The Balaban J connectivity index is 1.59. The number of methoxy groups -OCH3 is 1. The normalized spacial score (nSPS) is 10.3. The van der Waals surface area contributed by atoms with Crippen molar-refractivity contribution in [2.45, 2.75) is 0 Å². The highest BCUT2D eigenvalue weighted by molar-refractivity contribution is 5.93. The summed E-state index contributed by atoms with van der Waals surface area (Å²) in [5.74, 6) is 1.11. The number of ether oxygens (including phenoxy) is 2. The number of amides is 1. The number of aromatic nitrogens is 1. The monoisotopic (exact) mass is 308 g/mol. The predicted octanol–water partition coefficient (Wildman–Crippen LogP) is 3.26. The molecule has 5 heteroatoms. The van der Waals surface area contributed by atoms with Crippen molar-refractivity contribution < 1.29 is 14.3 Å². The fourth-order valence-corrected chi connectivity index (χ4v) is 2.16. The van der Waals surface area contributed by atoms with E-state index >= 15 is 0 Å². The number of carbonyl (C=O) groups excluding carboxylic acids is 1. The second-order valence-corrected chi connectivity index (χ2v) is 4.93. The molecule has 0 aliphatic carbocycles. The second-order valence-electron chi connectivity index (χ2n) is 4.93. The zero-order valence-electron chi connectivity index (χ0n) is 12.7. The largest absolute Gasteiger partial charge is 0.497 e. The van der Waals surface area contributed by atoms with Gasteiger partial charge in [-0.1, -0.05) is 18.2 Å². The first-order valence-corrected chi connectivity index (χ1v) is 7.16. The summed E-state index contributed by atoms with van der Waals surface area (Å²) in [6.45, 7) is -0.0703. The molecule has 0 aliphatic rings. The van der Waals surface area contributed by atoms with Gasteiger partial charge in [-0.15, -0.1) is 0 Å². The summed E-state index contributed by atoms with van der Waals surface area (Å²) in [5.41, 5.74) is 1.53. The molecule has 0 fully saturated rings. The van der Waals surface area contributed by atoms with Crippen LogP contribution in [0.5, 0.6) is 11.5 Å². The van der Waals surface area contributed by atoms with Gasteiger partial charge in [0, 0.05) is 5.39 Å². The van der Waals surface area contributed by atoms with Crippen LogP contribution in [-0.4, -0.2) is 24.6 Å². The maximum Gasteiger partial charge on any atom is 0.262 e. The minimum atomic E-state index is -0.238. The smallest absolute Gasteiger partial charge is 0.262 e. The number of hydrogen-bond donors (Lipinski definition) is 1. The number of para-hydroxylation sites is 1. The third-order valence-corrected chi connectivity index (χ3v) is 3.30. The summed E-state index contributed by atoms with van der Waals surface area (Å²) in [7, 11) is 1.60. The highest BCUT2D eigenvalue weighted by atomic mass is 16.5. The van der Waals surface area contributed by atoms with Gasteiger partial charge in [0.2, 0.25) is 0 Å². The van der Waals surface area contributed by atoms with Gasteiger partial charge in [0.05, 0.1) is 24.5 Å². The van der Waals surface area contributed by atoms with Gasteiger partial charge in [0.15, 0.2) is 6.61 Å². The van der Waals surface area contributed by atoms with Crippen LogP contribution in [0.4, 0.5) is 5.69 Å². The van der Waals surface area contributed by atoms with Crippen LogP contribution in [0.15, 0.2) is 60.8 Å². The molecule has 23 heavy (non-hydrogen) atoms. The van der Waals surface area contributed by atoms with Crippen LogP contribution in [-0.2, 0) is 4.79 Å². The Bertz CT molecular complexity index is 816. The first-order chi connectivity index (χ1) is 11.2. The van der Waals surface area contributed by atoms with Crippen molar-refractivity contribution >= 4 is 22.5 Å². The lowest BCUT2D eigenvalue weighted by Crippen LogP contribution is -2.20. The molecule has 2 aromatic carbocycles. The second kappa shape index (κ2) is 6.79. The Morgan fingerprint density at radius 2 is 1.83 bits per heavy atom. The van der Waals surface area contributed by atoms with Crippen LogP contribution in [0.1, 0.15) is 0 Å². The Labute approximate surface area is 133 Å². The van der Waals surface area contributed by atoms with Gasteiger partial charge >= 0.3 is 0 Å². The lowest BCUT2D eigenvalue weighted by Gasteiger charge is -2.08. The molecule has 0 bridgehead atoms. The zero-order valence-corrected chi connectivity index (χ0v) is 12.7. The van der Waals surface area contributed by atoms with E-state index in [-0.39, 0.29) is 12.5 Å². The van der Waals surface area contributed by atoms with Crippen LogP contribution >= 0.6 is 0 Å². The number of hydrogen-bond acceptors (Lipinski definition) is 4. The standard InChI is InChI=1S/C18H16N2O3/c1-22-15-6-8-16(9-7-15)23-12-18(21)20-14-10-13-4-2-3-5-17(13)19-11-14/h2-11H,12H2,1H3,(H,20,21). The van der Waals surface area contributed by atoms with Crippen LogP contribution < -0.4 is 14.8 Å². The minimum Gasteiger partial charge on any atom is -0.497 e. The average molecular weight is 308 g/mol. The molecule has 1 heterocycles. The van der Waals surface area contributed by atoms with Gasteiger partial charge in [-0.05, 0) is 36.4 Å². The maximum atomic E-state index is 12.0. The topological polar surface area (TPSA) is 60.5 Å². The molecular formula is C18H16N2O3. The van der Waals surface area contributed by atoms with E-state index in [0.717, 1.165) is 16.7 Å². The van der Waals surface area contributed by atoms with E-state index in [1.54, 1.807) is 37.6 Å². The molecule has 1 N–H and O–H groups in total. The van der Waals surface area contributed by atoms with Gasteiger partial charge < -0.3 is 14.8 Å². The van der Waals surface area contributed by atoms with Crippen molar-refractivity contribution in [2.75, 3.05) is 19.0 Å². The summed E-state index contributed by atoms with van der Waals surface area (Å²) in [4.78, 5) is 16.3. The molecular weight excluding hydrogens is 292 g/mol. The van der Waals surface area contributed by atoms with E-state index in [2.05, 4.69) is 10.3 Å². The minimum absolute atomic E-state index is 0.0703. The van der Waals surface area contributed by atoms with Gasteiger partial charge in [0.1, 0.15) is 11.5 Å². The van der Waals surface area contributed by atoms with E-state index in [9.17, 15) is 4.79 Å². The van der Waals surface area contributed by atoms with Crippen LogP contribution in [0.2, 0.25) is 0 Å². The Hall–Kier alpha value is -3.08. The molecule has 0 saturated carbocycles. The summed E-state index contributed by atoms with van der Waals surface area (Å²) < 4.78 is 10.5. The van der Waals surface area contributed by atoms with Crippen molar-refractivity contribution in [2.24, 2.45) is 0 Å². The summed E-state index contributed by atoms with van der Waals surface area (Å²) in [6.07, 6.45) is 1.63. The van der Waals surface area contributed by atoms with E-state index in [0.29, 0.717) is 11.4 Å². The quantitative estimate of drug-likeness (QED) is 0.786. The fraction of sp³-hybridized carbons (Fsp3) is 0.111. The average Bonchev–Trinajstić information content (AvgIpc) is 2.60. The number of nitrogens with zero attached hydrogens (tertiary/aromatic N) is 1. The molecule has 0 aliphatic heterocycles. The molecule has 3 aromatic rings. The highest BCUT2D eigenvalue weighted by Crippen LogP contribution is 2.18. The van der Waals surface area contributed by atoms with E-state index in [4.69, 9.17) is 9.47 Å². The van der Waals surface area contributed by atoms with Crippen molar-refractivity contribution in [3.63, 3.8) is 0 Å². The SMILES string of the molecule is COc1ccc(OCC(=O)Nc2cnc3ccccc3c2)cc1. The summed E-state index contributed by atoms with van der Waals surface area (Å²) in [6, 6.07) is 16.7. The summed E-state index contributed by atoms with van der Waals surface area (Å²) >= 11 is 0. The van der Waals surface area contributed by atoms with Crippen molar-refractivity contribution in [1.82, 2.24) is 4.98 Å². The van der Waals surface area contributed by atoms with E-state index < -0.39 is 0 Å². The summed E-state index contributed by atoms with van der Waals surface area (Å²) in [5, 5.41) is 3.75. The van der Waals surface area contributed by atoms with E-state index in [1.165, 1.54) is 0 Å². The number of anilines is 1. The van der Waals surface area contributed by atoms with Crippen molar-refractivity contribution in [3.05, 3.63) is 60.8 Å². The van der Waals surface area contributed by atoms with Crippen LogP contribution in [0, 0.1) is 0 Å². The third kappa shape index (κ3) is 3.77. The molecule has 116 valence electrons. The van der Waals surface area contributed by atoms with Crippen LogP contribution in [0.25, 0.3) is 10.9 Å². The first-order valence-electron chi connectivity index (χ1n) is 7.16. The fourth-order valence-electron chi connectivity index (χ4n) is 2.16. The molecule has 0 saturated heterocycles. The molecule has 0 radical (unpaired) electrons. The lowest BCUT2D eigenvalue weighted by molar-refractivity contribution is -0.118. The number of rotatable bonds is 5. The molecule has 0 spiro atoms. The van der Waals surface area contributed by atoms with Gasteiger partial charge in [-0.2, -0.15) is 0 Å². The molecule has 5 nitrogen and oxygen atoms in total. The predicted molar refractivity (Wildman–Crippen MR) is 88.9 cm³/mol. The highest BCUT2D eigenvalue weighted by Gasteiger charge is 2.05. The van der Waals surface area contributed by atoms with E-state index in [1.807, 2.05) is 30.3 Å².